The second-order valence-corrected chi connectivity index (χ2v) is 7.52. The number of nitrogens with zero attached hydrogens (tertiary/aromatic N) is 2. The van der Waals surface area contributed by atoms with Gasteiger partial charge in [-0.1, -0.05) is 0 Å². The molecule has 0 aliphatic heterocycles. The van der Waals surface area contributed by atoms with Crippen LogP contribution < -0.4 is 4.89 Å². The van der Waals surface area contributed by atoms with Gasteiger partial charge in [-0.25, -0.2) is 0 Å². The third-order valence-electron chi connectivity index (χ3n) is 2.99. The number of phosphoric ester groups is 1. The standard InChI is InChI=1S/C14H27N2O4P/c1-16(2,3)12-14-20-21(17,18)19-13-8-4-5-9-15-10-6-7-11-15/h6-7,10-11H,4-5,8-9,12-14H2,1-3H3. The highest BCUT2D eigenvalue weighted by atomic mass is 31.2. The zero-order valence-electron chi connectivity index (χ0n) is 13.2. The van der Waals surface area contributed by atoms with Gasteiger partial charge in [0.05, 0.1) is 27.7 Å². The summed E-state index contributed by atoms with van der Waals surface area (Å²) in [6.45, 7) is 1.91. The smallest absolute Gasteiger partial charge is 0.268 e. The van der Waals surface area contributed by atoms with E-state index in [1.807, 2.05) is 45.7 Å². The van der Waals surface area contributed by atoms with Crippen molar-refractivity contribution in [3.05, 3.63) is 24.5 Å². The summed E-state index contributed by atoms with van der Waals surface area (Å²) in [5, 5.41) is 0. The summed E-state index contributed by atoms with van der Waals surface area (Å²) in [6, 6.07) is 3.98. The first kappa shape index (κ1) is 18.4. The number of unbranched alkanes of at least 4 members (excludes halogenated alkanes) is 2. The van der Waals surface area contributed by atoms with Gasteiger partial charge in [0, 0.05) is 18.9 Å². The van der Waals surface area contributed by atoms with Crippen LogP contribution in [0.5, 0.6) is 0 Å². The predicted molar refractivity (Wildman–Crippen MR) is 80.7 cm³/mol. The van der Waals surface area contributed by atoms with Crippen molar-refractivity contribution in [3.63, 3.8) is 0 Å². The Morgan fingerprint density at radius 1 is 1.05 bits per heavy atom. The highest BCUT2D eigenvalue weighted by molar-refractivity contribution is 7.45. The van der Waals surface area contributed by atoms with Crippen LogP contribution in [-0.4, -0.2) is 50.0 Å². The minimum atomic E-state index is -4.14. The molecule has 0 saturated carbocycles. The van der Waals surface area contributed by atoms with Gasteiger partial charge in [0.2, 0.25) is 0 Å². The highest BCUT2D eigenvalue weighted by Gasteiger charge is 2.12. The van der Waals surface area contributed by atoms with Gasteiger partial charge in [-0.3, -0.25) is 4.57 Å². The summed E-state index contributed by atoms with van der Waals surface area (Å²) in [6.07, 6.45) is 6.68. The molecular weight excluding hydrogens is 291 g/mol. The summed E-state index contributed by atoms with van der Waals surface area (Å²) in [4.78, 5) is 11.5. The number of likely N-dealkylation sites (N-methyl/N-ethyl adjacent to an activating group) is 1. The normalized spacial score (nSPS) is 15.0. The van der Waals surface area contributed by atoms with Crippen LogP contribution in [0.4, 0.5) is 0 Å². The van der Waals surface area contributed by atoms with Gasteiger partial charge < -0.3 is 23.0 Å². The molecule has 1 aromatic rings. The number of phosphoric acid groups is 1. The Bertz CT molecular complexity index is 429. The van der Waals surface area contributed by atoms with Crippen LogP contribution in [0, 0.1) is 0 Å². The molecule has 0 aliphatic rings. The first-order chi connectivity index (χ1) is 9.79. The zero-order valence-corrected chi connectivity index (χ0v) is 14.1. The second kappa shape index (κ2) is 8.71. The number of hydrogen-bond donors (Lipinski definition) is 0. The van der Waals surface area contributed by atoms with Gasteiger partial charge in [0.1, 0.15) is 13.2 Å². The molecule has 0 saturated heterocycles. The summed E-state index contributed by atoms with van der Waals surface area (Å²) in [5.74, 6) is 0. The van der Waals surface area contributed by atoms with Gasteiger partial charge in [0.25, 0.3) is 7.82 Å². The van der Waals surface area contributed by atoms with E-state index in [-0.39, 0.29) is 13.2 Å². The maximum absolute atomic E-state index is 11.5. The number of rotatable bonds is 11. The van der Waals surface area contributed by atoms with E-state index in [2.05, 4.69) is 4.57 Å². The molecule has 0 amide bonds. The van der Waals surface area contributed by atoms with Crippen LogP contribution in [0.1, 0.15) is 19.3 Å². The zero-order chi connectivity index (χ0) is 15.8. The van der Waals surface area contributed by atoms with Crippen molar-refractivity contribution in [3.8, 4) is 0 Å². The Morgan fingerprint density at radius 3 is 2.29 bits per heavy atom. The highest BCUT2D eigenvalue weighted by Crippen LogP contribution is 2.38. The number of quaternary nitrogens is 1. The molecule has 1 atom stereocenters. The lowest BCUT2D eigenvalue weighted by Crippen LogP contribution is -2.37. The fourth-order valence-corrected chi connectivity index (χ4v) is 2.47. The van der Waals surface area contributed by atoms with Gasteiger partial charge >= 0.3 is 0 Å². The van der Waals surface area contributed by atoms with Gasteiger partial charge in [-0.15, -0.1) is 0 Å². The van der Waals surface area contributed by atoms with E-state index in [0.29, 0.717) is 17.4 Å². The Morgan fingerprint density at radius 2 is 1.67 bits per heavy atom. The molecule has 1 unspecified atom stereocenters. The van der Waals surface area contributed by atoms with Crippen molar-refractivity contribution < 1.29 is 23.0 Å². The molecule has 0 N–H and O–H groups in total. The van der Waals surface area contributed by atoms with Gasteiger partial charge in [-0.2, -0.15) is 0 Å². The Balaban J connectivity index is 2.03. The van der Waals surface area contributed by atoms with E-state index in [4.69, 9.17) is 9.05 Å². The van der Waals surface area contributed by atoms with E-state index in [9.17, 15) is 9.46 Å². The second-order valence-electron chi connectivity index (χ2n) is 6.11. The van der Waals surface area contributed by atoms with Crippen LogP contribution in [0.15, 0.2) is 24.5 Å². The summed E-state index contributed by atoms with van der Waals surface area (Å²) in [7, 11) is 1.79. The van der Waals surface area contributed by atoms with Crippen molar-refractivity contribution in [2.24, 2.45) is 0 Å². The molecule has 0 aromatic carbocycles. The topological polar surface area (TPSA) is 63.5 Å². The molecule has 6 nitrogen and oxygen atoms in total. The monoisotopic (exact) mass is 318 g/mol. The van der Waals surface area contributed by atoms with Crippen molar-refractivity contribution in [1.29, 1.82) is 0 Å². The summed E-state index contributed by atoms with van der Waals surface area (Å²) < 4.78 is 23.9. The number of hydrogen-bond acceptors (Lipinski definition) is 4. The molecule has 0 spiro atoms. The molecule has 0 radical (unpaired) electrons. The average Bonchev–Trinajstić information content (AvgIpc) is 2.84. The van der Waals surface area contributed by atoms with Crippen molar-refractivity contribution in [1.82, 2.24) is 4.57 Å². The van der Waals surface area contributed by atoms with E-state index in [1.54, 1.807) is 0 Å². The molecule has 7 heteroatoms. The predicted octanol–water partition coefficient (Wildman–Crippen LogP) is 1.87. The lowest BCUT2D eigenvalue weighted by Gasteiger charge is -2.27. The van der Waals surface area contributed by atoms with E-state index in [1.165, 1.54) is 0 Å². The lowest BCUT2D eigenvalue weighted by atomic mass is 10.2. The first-order valence-corrected chi connectivity index (χ1v) is 8.76. The maximum atomic E-state index is 11.5. The van der Waals surface area contributed by atoms with Gasteiger partial charge in [-0.05, 0) is 31.4 Å². The fraction of sp³-hybridized carbons (Fsp3) is 0.714. The van der Waals surface area contributed by atoms with Crippen molar-refractivity contribution in [2.45, 2.75) is 25.8 Å². The van der Waals surface area contributed by atoms with Crippen molar-refractivity contribution >= 4 is 7.82 Å². The lowest BCUT2D eigenvalue weighted by molar-refractivity contribution is -0.870. The van der Waals surface area contributed by atoms with E-state index >= 15 is 0 Å². The van der Waals surface area contributed by atoms with Crippen LogP contribution in [-0.2, 0) is 20.2 Å². The van der Waals surface area contributed by atoms with Crippen molar-refractivity contribution in [2.75, 3.05) is 40.9 Å². The molecule has 1 rings (SSSR count). The number of aromatic nitrogens is 1. The SMILES string of the molecule is C[N+](C)(C)CCOP(=O)([O-])OCCCCCn1cccc1. The van der Waals surface area contributed by atoms with Crippen LogP contribution in [0.3, 0.4) is 0 Å². The molecule has 0 fully saturated rings. The third kappa shape index (κ3) is 9.82. The van der Waals surface area contributed by atoms with Crippen LogP contribution in [0.2, 0.25) is 0 Å². The molecule has 21 heavy (non-hydrogen) atoms. The van der Waals surface area contributed by atoms with E-state index in [0.717, 1.165) is 19.4 Å². The summed E-state index contributed by atoms with van der Waals surface area (Å²) in [5.41, 5.74) is 0. The Labute approximate surface area is 127 Å². The Kier molecular flexibility index (Phi) is 7.63. The fourth-order valence-electron chi connectivity index (χ4n) is 1.73. The van der Waals surface area contributed by atoms with Gasteiger partial charge in [0.15, 0.2) is 0 Å². The quantitative estimate of drug-likeness (QED) is 0.355. The molecule has 122 valence electrons. The van der Waals surface area contributed by atoms with E-state index < -0.39 is 7.82 Å². The average molecular weight is 318 g/mol. The largest absolute Gasteiger partial charge is 0.756 e. The number of aryl methyl sites for hydroxylation is 1. The minimum Gasteiger partial charge on any atom is -0.756 e. The van der Waals surface area contributed by atoms with Crippen LogP contribution in [0.25, 0.3) is 0 Å². The molecular formula is C14H27N2O4P. The first-order valence-electron chi connectivity index (χ1n) is 7.30. The molecule has 0 bridgehead atoms. The maximum Gasteiger partial charge on any atom is 0.268 e. The molecule has 1 heterocycles. The molecule has 0 aliphatic carbocycles. The molecule has 1 aromatic heterocycles. The minimum absolute atomic E-state index is 0.151. The van der Waals surface area contributed by atoms with Crippen LogP contribution >= 0.6 is 7.82 Å². The Hall–Kier alpha value is -0.650. The third-order valence-corrected chi connectivity index (χ3v) is 3.99. The summed E-state index contributed by atoms with van der Waals surface area (Å²) >= 11 is 0.